The van der Waals surface area contributed by atoms with Crippen LogP contribution < -0.4 is 10.0 Å². The number of amides is 1. The minimum Gasteiger partial charge on any atom is -0.349 e. The smallest absolute Gasteiger partial charge is 0.267 e. The average molecular weight is 376 g/mol. The Hall–Kier alpha value is -1.54. The first kappa shape index (κ1) is 17.8. The third kappa shape index (κ3) is 4.26. The van der Waals surface area contributed by atoms with Crippen LogP contribution in [0, 0.1) is 0 Å². The van der Waals surface area contributed by atoms with Gasteiger partial charge in [0, 0.05) is 26.3 Å². The van der Waals surface area contributed by atoms with Crippen LogP contribution in [0.4, 0.5) is 0 Å². The van der Waals surface area contributed by atoms with Crippen molar-refractivity contribution in [3.05, 3.63) is 52.3 Å². The number of rotatable bonds is 6. The maximum atomic E-state index is 12.2. The van der Waals surface area contributed by atoms with Crippen LogP contribution >= 0.6 is 23.2 Å². The van der Waals surface area contributed by atoms with Gasteiger partial charge >= 0.3 is 0 Å². The molecule has 2 rings (SSSR count). The predicted octanol–water partition coefficient (Wildman–Crippen LogP) is 2.04. The molecule has 1 heterocycles. The molecular weight excluding hydrogens is 361 g/mol. The molecule has 23 heavy (non-hydrogen) atoms. The summed E-state index contributed by atoms with van der Waals surface area (Å²) >= 11 is 11.8. The molecule has 0 aliphatic carbocycles. The molecule has 1 amide bonds. The summed E-state index contributed by atoms with van der Waals surface area (Å²) in [6.45, 7) is 0.144. The van der Waals surface area contributed by atoms with Gasteiger partial charge in [0.15, 0.2) is 0 Å². The number of benzene rings is 1. The molecule has 1 aromatic carbocycles. The molecule has 0 saturated heterocycles. The van der Waals surface area contributed by atoms with Crippen LogP contribution in [0.25, 0.3) is 0 Å². The van der Waals surface area contributed by atoms with E-state index in [1.54, 1.807) is 36.0 Å². The SMILES string of the molecule is Cn1cccc1C(=O)NCCNS(=O)(=O)c1c(Cl)cccc1Cl. The van der Waals surface area contributed by atoms with E-state index in [0.717, 1.165) is 0 Å². The largest absolute Gasteiger partial charge is 0.349 e. The first-order valence-corrected chi connectivity index (χ1v) is 8.90. The van der Waals surface area contributed by atoms with Crippen LogP contribution in [0.2, 0.25) is 10.0 Å². The fraction of sp³-hybridized carbons (Fsp3) is 0.214. The molecule has 0 spiro atoms. The lowest BCUT2D eigenvalue weighted by Gasteiger charge is -2.10. The van der Waals surface area contributed by atoms with Gasteiger partial charge in [-0.1, -0.05) is 29.3 Å². The maximum absolute atomic E-state index is 12.2. The molecule has 0 unspecified atom stereocenters. The standard InChI is InChI=1S/C14H15Cl2N3O3S/c1-19-9-3-6-12(19)14(20)17-7-8-18-23(21,22)13-10(15)4-2-5-11(13)16/h2-6,9,18H,7-8H2,1H3,(H,17,20). The number of nitrogens with one attached hydrogen (secondary N) is 2. The van der Waals surface area contributed by atoms with E-state index in [-0.39, 0.29) is 33.9 Å². The Bertz CT molecular complexity index is 798. The summed E-state index contributed by atoms with van der Waals surface area (Å²) in [5, 5.41) is 2.71. The van der Waals surface area contributed by atoms with Crippen molar-refractivity contribution in [3.8, 4) is 0 Å². The normalized spacial score (nSPS) is 11.4. The molecule has 0 radical (unpaired) electrons. The molecule has 9 heteroatoms. The van der Waals surface area contributed by atoms with E-state index in [0.29, 0.717) is 5.69 Å². The van der Waals surface area contributed by atoms with Crippen LogP contribution in [-0.2, 0) is 17.1 Å². The highest BCUT2D eigenvalue weighted by atomic mass is 35.5. The van der Waals surface area contributed by atoms with Gasteiger partial charge in [-0.05, 0) is 24.3 Å². The fourth-order valence-corrected chi connectivity index (χ4v) is 4.13. The lowest BCUT2D eigenvalue weighted by molar-refractivity contribution is 0.0946. The molecule has 0 bridgehead atoms. The lowest BCUT2D eigenvalue weighted by Crippen LogP contribution is -2.35. The second kappa shape index (κ2) is 7.35. The van der Waals surface area contributed by atoms with Crippen molar-refractivity contribution in [1.82, 2.24) is 14.6 Å². The van der Waals surface area contributed by atoms with E-state index in [9.17, 15) is 13.2 Å². The number of aryl methyl sites for hydroxylation is 1. The van der Waals surface area contributed by atoms with Gasteiger partial charge in [-0.3, -0.25) is 4.79 Å². The monoisotopic (exact) mass is 375 g/mol. The van der Waals surface area contributed by atoms with Crippen molar-refractivity contribution in [2.75, 3.05) is 13.1 Å². The fourth-order valence-electron chi connectivity index (χ4n) is 1.96. The van der Waals surface area contributed by atoms with Crippen molar-refractivity contribution in [1.29, 1.82) is 0 Å². The lowest BCUT2D eigenvalue weighted by atomic mass is 10.4. The Morgan fingerprint density at radius 3 is 2.35 bits per heavy atom. The quantitative estimate of drug-likeness (QED) is 0.758. The summed E-state index contributed by atoms with van der Waals surface area (Å²) in [5.41, 5.74) is 0.488. The zero-order chi connectivity index (χ0) is 17.0. The van der Waals surface area contributed by atoms with E-state index >= 15 is 0 Å². The molecule has 2 N–H and O–H groups in total. The molecule has 6 nitrogen and oxygen atoms in total. The van der Waals surface area contributed by atoms with Crippen LogP contribution in [0.15, 0.2) is 41.4 Å². The topological polar surface area (TPSA) is 80.2 Å². The van der Waals surface area contributed by atoms with Crippen LogP contribution in [0.3, 0.4) is 0 Å². The summed E-state index contributed by atoms with van der Waals surface area (Å²) in [6.07, 6.45) is 1.75. The first-order valence-electron chi connectivity index (χ1n) is 6.66. The summed E-state index contributed by atoms with van der Waals surface area (Å²) in [7, 11) is -2.10. The number of aromatic nitrogens is 1. The van der Waals surface area contributed by atoms with E-state index in [1.807, 2.05) is 0 Å². The number of nitrogens with zero attached hydrogens (tertiary/aromatic N) is 1. The van der Waals surface area contributed by atoms with E-state index in [1.165, 1.54) is 12.1 Å². The number of hydrogen-bond acceptors (Lipinski definition) is 3. The summed E-state index contributed by atoms with van der Waals surface area (Å²) < 4.78 is 28.4. The van der Waals surface area contributed by atoms with Gasteiger partial charge < -0.3 is 9.88 Å². The molecule has 0 aliphatic heterocycles. The molecule has 0 saturated carbocycles. The second-order valence-electron chi connectivity index (χ2n) is 4.71. The van der Waals surface area contributed by atoms with Crippen molar-refractivity contribution in [2.24, 2.45) is 7.05 Å². The number of carbonyl (C=O) groups excluding carboxylic acids is 1. The zero-order valence-electron chi connectivity index (χ0n) is 12.2. The molecule has 2 aromatic rings. The predicted molar refractivity (Wildman–Crippen MR) is 89.4 cm³/mol. The van der Waals surface area contributed by atoms with Crippen LogP contribution in [0.1, 0.15) is 10.5 Å². The van der Waals surface area contributed by atoms with Crippen molar-refractivity contribution in [3.63, 3.8) is 0 Å². The Morgan fingerprint density at radius 1 is 1.13 bits per heavy atom. The number of hydrogen-bond donors (Lipinski definition) is 2. The number of halogens is 2. The van der Waals surface area contributed by atoms with E-state index in [2.05, 4.69) is 10.0 Å². The average Bonchev–Trinajstić information content (AvgIpc) is 2.89. The Balaban J connectivity index is 1.93. The van der Waals surface area contributed by atoms with Crippen LogP contribution in [-0.4, -0.2) is 32.0 Å². The van der Waals surface area contributed by atoms with Crippen molar-refractivity contribution >= 4 is 39.1 Å². The van der Waals surface area contributed by atoms with Gasteiger partial charge in [-0.15, -0.1) is 0 Å². The zero-order valence-corrected chi connectivity index (χ0v) is 14.5. The van der Waals surface area contributed by atoms with Gasteiger partial charge in [-0.2, -0.15) is 0 Å². The molecule has 0 atom stereocenters. The number of carbonyl (C=O) groups is 1. The van der Waals surface area contributed by atoms with Gasteiger partial charge in [0.25, 0.3) is 5.91 Å². The van der Waals surface area contributed by atoms with Crippen molar-refractivity contribution in [2.45, 2.75) is 4.90 Å². The Morgan fingerprint density at radius 2 is 1.78 bits per heavy atom. The van der Waals surface area contributed by atoms with Gasteiger partial charge in [0.2, 0.25) is 10.0 Å². The maximum Gasteiger partial charge on any atom is 0.267 e. The van der Waals surface area contributed by atoms with E-state index in [4.69, 9.17) is 23.2 Å². The molecular formula is C14H15Cl2N3O3S. The Labute approximate surface area is 144 Å². The van der Waals surface area contributed by atoms with Crippen LogP contribution in [0.5, 0.6) is 0 Å². The minimum atomic E-state index is -3.85. The summed E-state index contributed by atoms with van der Waals surface area (Å²) in [4.78, 5) is 11.7. The summed E-state index contributed by atoms with van der Waals surface area (Å²) in [5.74, 6) is -0.285. The molecule has 1 aromatic heterocycles. The second-order valence-corrected chi connectivity index (χ2v) is 7.23. The van der Waals surface area contributed by atoms with Gasteiger partial charge in [-0.25, -0.2) is 13.1 Å². The Kier molecular flexibility index (Phi) is 5.69. The van der Waals surface area contributed by atoms with Gasteiger partial charge in [0.1, 0.15) is 10.6 Å². The van der Waals surface area contributed by atoms with E-state index < -0.39 is 10.0 Å². The molecule has 124 valence electrons. The molecule has 0 fully saturated rings. The highest BCUT2D eigenvalue weighted by molar-refractivity contribution is 7.89. The third-order valence-corrected chi connectivity index (χ3v) is 5.48. The van der Waals surface area contributed by atoms with Crippen molar-refractivity contribution < 1.29 is 13.2 Å². The number of sulfonamides is 1. The highest BCUT2D eigenvalue weighted by Crippen LogP contribution is 2.28. The molecule has 0 aliphatic rings. The van der Waals surface area contributed by atoms with Gasteiger partial charge in [0.05, 0.1) is 10.0 Å². The first-order chi connectivity index (χ1) is 10.8. The summed E-state index contributed by atoms with van der Waals surface area (Å²) in [6, 6.07) is 7.86. The highest BCUT2D eigenvalue weighted by Gasteiger charge is 2.21. The minimum absolute atomic E-state index is 0.0139. The third-order valence-electron chi connectivity index (χ3n) is 3.07.